The predicted octanol–water partition coefficient (Wildman–Crippen LogP) is 3.96. The van der Waals surface area contributed by atoms with Crippen molar-refractivity contribution in [2.24, 2.45) is 0 Å². The summed E-state index contributed by atoms with van der Waals surface area (Å²) in [4.78, 5) is 19.7. The number of para-hydroxylation sites is 1. The third kappa shape index (κ3) is 3.03. The summed E-state index contributed by atoms with van der Waals surface area (Å²) in [5, 5.41) is 3.81. The fraction of sp³-hybridized carbons (Fsp3) is 0.158. The van der Waals surface area contributed by atoms with E-state index in [4.69, 9.17) is 0 Å². The molecule has 1 N–H and O–H groups in total. The highest BCUT2D eigenvalue weighted by molar-refractivity contribution is 7.17. The molecule has 2 heterocycles. The fourth-order valence-corrected chi connectivity index (χ4v) is 3.73. The van der Waals surface area contributed by atoms with Crippen LogP contribution in [0.15, 0.2) is 60.8 Å². The van der Waals surface area contributed by atoms with Gasteiger partial charge in [0.25, 0.3) is 5.91 Å². The highest BCUT2D eigenvalue weighted by atomic mass is 32.1. The van der Waals surface area contributed by atoms with Gasteiger partial charge in [0.15, 0.2) is 5.13 Å². The van der Waals surface area contributed by atoms with Crippen molar-refractivity contribution in [3.05, 3.63) is 76.8 Å². The maximum Gasteiger partial charge on any atom is 0.267 e. The molecule has 0 fully saturated rings. The smallest absolute Gasteiger partial charge is 0.267 e. The van der Waals surface area contributed by atoms with E-state index in [1.165, 1.54) is 22.5 Å². The number of carbonyl (C=O) groups is 1. The van der Waals surface area contributed by atoms with Crippen LogP contribution in [0, 0.1) is 0 Å². The van der Waals surface area contributed by atoms with E-state index in [1.807, 2.05) is 30.3 Å². The molecule has 24 heavy (non-hydrogen) atoms. The molecule has 1 aliphatic rings. The van der Waals surface area contributed by atoms with Crippen molar-refractivity contribution < 1.29 is 4.79 Å². The molecular weight excluding hydrogens is 318 g/mol. The lowest BCUT2D eigenvalue weighted by Gasteiger charge is -2.28. The number of carbonyl (C=O) groups excluding carboxylic acids is 1. The van der Waals surface area contributed by atoms with Gasteiger partial charge in [0.2, 0.25) is 0 Å². The first-order valence-corrected chi connectivity index (χ1v) is 8.75. The number of thiazole rings is 1. The highest BCUT2D eigenvalue weighted by Gasteiger charge is 2.20. The molecule has 1 aliphatic heterocycles. The van der Waals surface area contributed by atoms with Crippen molar-refractivity contribution in [2.75, 3.05) is 16.8 Å². The van der Waals surface area contributed by atoms with Crippen LogP contribution in [0.5, 0.6) is 0 Å². The van der Waals surface area contributed by atoms with Gasteiger partial charge >= 0.3 is 0 Å². The summed E-state index contributed by atoms with van der Waals surface area (Å²) in [6, 6.07) is 18.0. The second kappa shape index (κ2) is 6.45. The molecule has 4 nitrogen and oxygen atoms in total. The summed E-state index contributed by atoms with van der Waals surface area (Å²) in [5.41, 5.74) is 3.55. The Balaban J connectivity index is 1.48. The number of amides is 1. The van der Waals surface area contributed by atoms with Gasteiger partial charge < -0.3 is 10.2 Å². The van der Waals surface area contributed by atoms with Gasteiger partial charge in [-0.25, -0.2) is 4.98 Å². The number of rotatable bonds is 3. The highest BCUT2D eigenvalue weighted by Crippen LogP contribution is 2.28. The zero-order valence-corrected chi connectivity index (χ0v) is 13.9. The first-order chi connectivity index (χ1) is 11.8. The fourth-order valence-electron chi connectivity index (χ4n) is 2.89. The summed E-state index contributed by atoms with van der Waals surface area (Å²) in [7, 11) is 0. The molecule has 0 unspecified atom stereocenters. The topological polar surface area (TPSA) is 45.2 Å². The standard InChI is InChI=1S/C19H17N3OS/c23-18(21-16-8-2-1-3-9-16)17-12-20-19(24-17)22-11-10-14-6-4-5-7-15(14)13-22/h1-9,12H,10-11,13H2,(H,21,23). The van der Waals surface area contributed by atoms with Gasteiger partial charge in [-0.3, -0.25) is 4.79 Å². The molecule has 120 valence electrons. The second-order valence-electron chi connectivity index (χ2n) is 5.77. The molecule has 0 radical (unpaired) electrons. The number of anilines is 2. The quantitative estimate of drug-likeness (QED) is 0.788. The number of hydrogen-bond donors (Lipinski definition) is 1. The largest absolute Gasteiger partial charge is 0.343 e. The number of nitrogens with zero attached hydrogens (tertiary/aromatic N) is 2. The predicted molar refractivity (Wildman–Crippen MR) is 97.7 cm³/mol. The van der Waals surface area contributed by atoms with Crippen molar-refractivity contribution in [2.45, 2.75) is 13.0 Å². The van der Waals surface area contributed by atoms with E-state index in [2.05, 4.69) is 39.5 Å². The maximum atomic E-state index is 12.3. The van der Waals surface area contributed by atoms with E-state index in [-0.39, 0.29) is 5.91 Å². The molecular formula is C19H17N3OS. The summed E-state index contributed by atoms with van der Waals surface area (Å²) in [5.74, 6) is -0.109. The van der Waals surface area contributed by atoms with E-state index < -0.39 is 0 Å². The van der Waals surface area contributed by atoms with Crippen LogP contribution in [0.2, 0.25) is 0 Å². The van der Waals surface area contributed by atoms with Crippen LogP contribution in [0.25, 0.3) is 0 Å². The lowest BCUT2D eigenvalue weighted by atomic mass is 10.0. The Labute approximate surface area is 144 Å². The average molecular weight is 335 g/mol. The first-order valence-electron chi connectivity index (χ1n) is 7.93. The Morgan fingerprint density at radius 2 is 1.79 bits per heavy atom. The van der Waals surface area contributed by atoms with Crippen molar-refractivity contribution in [1.29, 1.82) is 0 Å². The van der Waals surface area contributed by atoms with Gasteiger partial charge in [-0.15, -0.1) is 0 Å². The third-order valence-corrected chi connectivity index (χ3v) is 5.21. The lowest BCUT2D eigenvalue weighted by molar-refractivity contribution is 0.103. The van der Waals surface area contributed by atoms with E-state index in [1.54, 1.807) is 6.20 Å². The first kappa shape index (κ1) is 14.9. The molecule has 0 aliphatic carbocycles. The SMILES string of the molecule is O=C(Nc1ccccc1)c1cnc(N2CCc3ccccc3C2)s1. The molecule has 5 heteroatoms. The van der Waals surface area contributed by atoms with Crippen LogP contribution in [0.1, 0.15) is 20.8 Å². The van der Waals surface area contributed by atoms with E-state index in [0.29, 0.717) is 4.88 Å². The van der Waals surface area contributed by atoms with Crippen molar-refractivity contribution in [1.82, 2.24) is 4.98 Å². The van der Waals surface area contributed by atoms with Crippen LogP contribution >= 0.6 is 11.3 Å². The lowest BCUT2D eigenvalue weighted by Crippen LogP contribution is -2.30. The molecule has 0 saturated heterocycles. The minimum atomic E-state index is -0.109. The normalized spacial score (nSPS) is 13.4. The molecule has 4 rings (SSSR count). The Bertz CT molecular complexity index is 860. The van der Waals surface area contributed by atoms with Crippen LogP contribution < -0.4 is 10.2 Å². The average Bonchev–Trinajstić information content (AvgIpc) is 3.12. The summed E-state index contributed by atoms with van der Waals surface area (Å²) < 4.78 is 0. The number of nitrogens with one attached hydrogen (secondary N) is 1. The van der Waals surface area contributed by atoms with Crippen molar-refractivity contribution in [3.8, 4) is 0 Å². The van der Waals surface area contributed by atoms with E-state index >= 15 is 0 Å². The van der Waals surface area contributed by atoms with Gasteiger partial charge in [0.05, 0.1) is 6.20 Å². The number of aromatic nitrogens is 1. The zero-order valence-electron chi connectivity index (χ0n) is 13.1. The molecule has 3 aromatic rings. The molecule has 0 bridgehead atoms. The van der Waals surface area contributed by atoms with Crippen LogP contribution in [0.4, 0.5) is 10.8 Å². The molecule has 0 atom stereocenters. The van der Waals surface area contributed by atoms with E-state index in [9.17, 15) is 4.79 Å². The maximum absolute atomic E-state index is 12.3. The summed E-state index contributed by atoms with van der Waals surface area (Å²) in [6.45, 7) is 1.79. The number of hydrogen-bond acceptors (Lipinski definition) is 4. The zero-order chi connectivity index (χ0) is 16.4. The minimum Gasteiger partial charge on any atom is -0.343 e. The molecule has 1 amide bonds. The minimum absolute atomic E-state index is 0.109. The Morgan fingerprint density at radius 1 is 1.04 bits per heavy atom. The van der Waals surface area contributed by atoms with Gasteiger partial charge in [0.1, 0.15) is 4.88 Å². The summed E-state index contributed by atoms with van der Waals surface area (Å²) >= 11 is 1.44. The Hall–Kier alpha value is -2.66. The number of fused-ring (bicyclic) bond motifs is 1. The second-order valence-corrected chi connectivity index (χ2v) is 6.78. The Kier molecular flexibility index (Phi) is 4.01. The van der Waals surface area contributed by atoms with Crippen LogP contribution in [0.3, 0.4) is 0 Å². The Morgan fingerprint density at radius 3 is 2.62 bits per heavy atom. The molecule has 1 aromatic heterocycles. The van der Waals surface area contributed by atoms with Crippen molar-refractivity contribution >= 4 is 28.1 Å². The molecule has 0 spiro atoms. The van der Waals surface area contributed by atoms with Gasteiger partial charge in [-0.1, -0.05) is 53.8 Å². The van der Waals surface area contributed by atoms with Gasteiger partial charge in [-0.2, -0.15) is 0 Å². The third-order valence-electron chi connectivity index (χ3n) is 4.15. The van der Waals surface area contributed by atoms with E-state index in [0.717, 1.165) is 30.3 Å². The monoisotopic (exact) mass is 335 g/mol. The van der Waals surface area contributed by atoms with Crippen LogP contribution in [-0.4, -0.2) is 17.4 Å². The molecule has 0 saturated carbocycles. The summed E-state index contributed by atoms with van der Waals surface area (Å²) in [6.07, 6.45) is 2.68. The molecule has 2 aromatic carbocycles. The van der Waals surface area contributed by atoms with Gasteiger partial charge in [0, 0.05) is 18.8 Å². The van der Waals surface area contributed by atoms with Gasteiger partial charge in [-0.05, 0) is 29.7 Å². The number of benzene rings is 2. The van der Waals surface area contributed by atoms with Crippen LogP contribution in [-0.2, 0) is 13.0 Å². The van der Waals surface area contributed by atoms with Crippen molar-refractivity contribution in [3.63, 3.8) is 0 Å².